The number of alkyl halides is 3. The molecule has 1 N–H and O–H groups in total. The number of halogens is 3. The maximum absolute atomic E-state index is 12.6. The highest BCUT2D eigenvalue weighted by molar-refractivity contribution is 5.76. The fourth-order valence-corrected chi connectivity index (χ4v) is 2.84. The largest absolute Gasteiger partial charge is 0.435 e. The van der Waals surface area contributed by atoms with Crippen molar-refractivity contribution in [3.63, 3.8) is 0 Å². The number of piperidine rings is 1. The van der Waals surface area contributed by atoms with Gasteiger partial charge in [0.2, 0.25) is 5.91 Å². The molecule has 1 amide bonds. The van der Waals surface area contributed by atoms with E-state index in [1.807, 2.05) is 6.07 Å². The van der Waals surface area contributed by atoms with Crippen LogP contribution in [-0.4, -0.2) is 37.3 Å². The van der Waals surface area contributed by atoms with E-state index in [2.05, 4.69) is 15.3 Å². The number of nitrogens with one attached hydrogen (secondary N) is 1. The van der Waals surface area contributed by atoms with Gasteiger partial charge in [0.05, 0.1) is 11.7 Å². The summed E-state index contributed by atoms with van der Waals surface area (Å²) < 4.78 is 38.7. The first-order chi connectivity index (χ1) is 10.9. The number of nitrogens with zero attached hydrogens (tertiary/aromatic N) is 4. The van der Waals surface area contributed by atoms with E-state index in [-0.39, 0.29) is 18.5 Å². The number of H-pyrrole nitrogens is 1. The van der Waals surface area contributed by atoms with Gasteiger partial charge in [-0.15, -0.1) is 0 Å². The summed E-state index contributed by atoms with van der Waals surface area (Å²) in [6.45, 7) is 0.372. The Hall–Kier alpha value is -2.32. The number of hydrogen-bond acceptors (Lipinski definition) is 3. The van der Waals surface area contributed by atoms with Gasteiger partial charge in [-0.25, -0.2) is 0 Å². The topological polar surface area (TPSA) is 66.8 Å². The van der Waals surface area contributed by atoms with Crippen LogP contribution < -0.4 is 0 Å². The van der Waals surface area contributed by atoms with Crippen molar-refractivity contribution in [2.75, 3.05) is 6.54 Å². The molecule has 2 aromatic heterocycles. The third-order valence-corrected chi connectivity index (χ3v) is 3.93. The fraction of sp³-hybridized carbons (Fsp3) is 0.500. The van der Waals surface area contributed by atoms with Gasteiger partial charge in [-0.05, 0) is 31.4 Å². The standard InChI is InChI=1S/C14H16F3N5O/c15-14(16,17)12-5-8-21(20-12)9-13(23)22-7-2-1-3-11(22)10-4-6-18-19-10/h4-6,8,11H,1-3,7,9H2,(H,18,19)/t11-/m1/s1. The second kappa shape index (κ2) is 6.05. The van der Waals surface area contributed by atoms with Crippen molar-refractivity contribution >= 4 is 5.91 Å². The summed E-state index contributed by atoms with van der Waals surface area (Å²) in [5, 5.41) is 10.2. The number of carbonyl (C=O) groups excluding carboxylic acids is 1. The molecule has 23 heavy (non-hydrogen) atoms. The molecule has 2 aromatic rings. The molecule has 0 aliphatic carbocycles. The third kappa shape index (κ3) is 3.38. The van der Waals surface area contributed by atoms with Crippen molar-refractivity contribution in [2.24, 2.45) is 0 Å². The van der Waals surface area contributed by atoms with E-state index >= 15 is 0 Å². The summed E-state index contributed by atoms with van der Waals surface area (Å²) in [5.74, 6) is -0.249. The van der Waals surface area contributed by atoms with Gasteiger partial charge in [0.15, 0.2) is 5.69 Å². The molecule has 3 rings (SSSR count). The predicted octanol–water partition coefficient (Wildman–Crippen LogP) is 2.38. The third-order valence-electron chi connectivity index (χ3n) is 3.93. The van der Waals surface area contributed by atoms with Crippen molar-refractivity contribution in [2.45, 2.75) is 38.0 Å². The van der Waals surface area contributed by atoms with E-state index in [4.69, 9.17) is 0 Å². The molecule has 1 fully saturated rings. The molecule has 0 aromatic carbocycles. The van der Waals surface area contributed by atoms with E-state index < -0.39 is 11.9 Å². The number of aromatic nitrogens is 4. The molecule has 0 radical (unpaired) electrons. The number of hydrogen-bond donors (Lipinski definition) is 1. The molecule has 3 heterocycles. The highest BCUT2D eigenvalue weighted by atomic mass is 19.4. The highest BCUT2D eigenvalue weighted by Gasteiger charge is 2.34. The molecule has 9 heteroatoms. The first-order valence-corrected chi connectivity index (χ1v) is 7.34. The molecule has 0 spiro atoms. The Kier molecular flexibility index (Phi) is 4.10. The van der Waals surface area contributed by atoms with E-state index in [1.165, 1.54) is 6.20 Å². The van der Waals surface area contributed by atoms with Crippen LogP contribution in [0.1, 0.15) is 36.7 Å². The summed E-state index contributed by atoms with van der Waals surface area (Å²) in [4.78, 5) is 14.2. The Morgan fingerprint density at radius 1 is 1.35 bits per heavy atom. The van der Waals surface area contributed by atoms with Gasteiger partial charge in [0, 0.05) is 18.9 Å². The first kappa shape index (κ1) is 15.6. The molecule has 1 aliphatic heterocycles. The van der Waals surface area contributed by atoms with Gasteiger partial charge in [-0.2, -0.15) is 23.4 Å². The molecule has 0 bridgehead atoms. The average molecular weight is 327 g/mol. The first-order valence-electron chi connectivity index (χ1n) is 7.34. The lowest BCUT2D eigenvalue weighted by Gasteiger charge is -2.35. The van der Waals surface area contributed by atoms with Crippen LogP contribution in [0.3, 0.4) is 0 Å². The van der Waals surface area contributed by atoms with Crippen LogP contribution in [0, 0.1) is 0 Å². The van der Waals surface area contributed by atoms with Crippen LogP contribution in [0.5, 0.6) is 0 Å². The van der Waals surface area contributed by atoms with Crippen LogP contribution in [0.2, 0.25) is 0 Å². The van der Waals surface area contributed by atoms with Crippen LogP contribution in [0.4, 0.5) is 13.2 Å². The lowest BCUT2D eigenvalue weighted by Crippen LogP contribution is -2.40. The van der Waals surface area contributed by atoms with Crippen LogP contribution in [-0.2, 0) is 17.5 Å². The molecule has 6 nitrogen and oxygen atoms in total. The van der Waals surface area contributed by atoms with E-state index in [0.717, 1.165) is 35.7 Å². The second-order valence-electron chi connectivity index (χ2n) is 5.51. The molecule has 0 saturated carbocycles. The van der Waals surface area contributed by atoms with Crippen molar-refractivity contribution in [1.82, 2.24) is 24.9 Å². The summed E-state index contributed by atoms with van der Waals surface area (Å²) in [5.41, 5.74) is -0.149. The Balaban J connectivity index is 1.72. The zero-order valence-corrected chi connectivity index (χ0v) is 12.3. The van der Waals surface area contributed by atoms with Gasteiger partial charge in [0.1, 0.15) is 6.54 Å². The minimum atomic E-state index is -4.50. The van der Waals surface area contributed by atoms with Gasteiger partial charge in [0.25, 0.3) is 0 Å². The number of carbonyl (C=O) groups is 1. The van der Waals surface area contributed by atoms with Crippen LogP contribution in [0.25, 0.3) is 0 Å². The summed E-state index contributed by atoms with van der Waals surface area (Å²) in [6, 6.07) is 2.57. The number of amides is 1. The van der Waals surface area contributed by atoms with Crippen molar-refractivity contribution in [3.8, 4) is 0 Å². The highest BCUT2D eigenvalue weighted by Crippen LogP contribution is 2.30. The minimum Gasteiger partial charge on any atom is -0.333 e. The number of aromatic amines is 1. The molecule has 1 saturated heterocycles. The van der Waals surface area contributed by atoms with Crippen molar-refractivity contribution in [1.29, 1.82) is 0 Å². The Labute approximate surface area is 130 Å². The number of rotatable bonds is 3. The van der Waals surface area contributed by atoms with Gasteiger partial charge in [-0.1, -0.05) is 0 Å². The number of likely N-dealkylation sites (tertiary alicyclic amines) is 1. The lowest BCUT2D eigenvalue weighted by molar-refractivity contribution is -0.142. The second-order valence-corrected chi connectivity index (χ2v) is 5.51. The van der Waals surface area contributed by atoms with Crippen molar-refractivity contribution < 1.29 is 18.0 Å². The maximum Gasteiger partial charge on any atom is 0.435 e. The van der Waals surface area contributed by atoms with E-state index in [1.54, 1.807) is 11.1 Å². The summed E-state index contributed by atoms with van der Waals surface area (Å²) in [7, 11) is 0. The predicted molar refractivity (Wildman–Crippen MR) is 74.1 cm³/mol. The Morgan fingerprint density at radius 2 is 2.17 bits per heavy atom. The van der Waals surface area contributed by atoms with Gasteiger partial charge >= 0.3 is 6.18 Å². The molecule has 1 atom stereocenters. The Morgan fingerprint density at radius 3 is 2.83 bits per heavy atom. The van der Waals surface area contributed by atoms with Crippen LogP contribution in [0.15, 0.2) is 24.5 Å². The normalized spacial score (nSPS) is 19.1. The average Bonchev–Trinajstić information content (AvgIpc) is 3.18. The summed E-state index contributed by atoms with van der Waals surface area (Å²) >= 11 is 0. The SMILES string of the molecule is O=C(Cn1ccc(C(F)(F)F)n1)N1CCCC[C@@H]1c1ccn[nH]1. The monoisotopic (exact) mass is 327 g/mol. The van der Waals surface area contributed by atoms with E-state index in [0.29, 0.717) is 6.54 Å². The van der Waals surface area contributed by atoms with Crippen LogP contribution >= 0.6 is 0 Å². The summed E-state index contributed by atoms with van der Waals surface area (Å²) in [6.07, 6.45) is 0.973. The van der Waals surface area contributed by atoms with E-state index in [9.17, 15) is 18.0 Å². The zero-order chi connectivity index (χ0) is 16.4. The lowest BCUT2D eigenvalue weighted by atomic mass is 9.99. The molecule has 1 aliphatic rings. The molecular weight excluding hydrogens is 311 g/mol. The quantitative estimate of drug-likeness (QED) is 0.941. The minimum absolute atomic E-state index is 0.114. The Bertz CT molecular complexity index is 664. The zero-order valence-electron chi connectivity index (χ0n) is 12.3. The van der Waals surface area contributed by atoms with Gasteiger partial charge in [-0.3, -0.25) is 14.6 Å². The molecule has 0 unspecified atom stereocenters. The van der Waals surface area contributed by atoms with Gasteiger partial charge < -0.3 is 4.90 Å². The molecule has 124 valence electrons. The maximum atomic E-state index is 12.6. The molecular formula is C14H16F3N5O. The van der Waals surface area contributed by atoms with Crippen molar-refractivity contribution in [3.05, 3.63) is 35.9 Å². The smallest absolute Gasteiger partial charge is 0.333 e. The fourth-order valence-electron chi connectivity index (χ4n) is 2.84.